The quantitative estimate of drug-likeness (QED) is 0.715. The lowest BCUT2D eigenvalue weighted by molar-refractivity contribution is -0.150. The first-order chi connectivity index (χ1) is 8.97. The van der Waals surface area contributed by atoms with Gasteiger partial charge in [-0.2, -0.15) is 0 Å². The molecule has 1 heterocycles. The molecule has 0 aromatic heterocycles. The van der Waals surface area contributed by atoms with Crippen LogP contribution in [0.3, 0.4) is 0 Å². The van der Waals surface area contributed by atoms with E-state index in [2.05, 4.69) is 5.32 Å². The fourth-order valence-electron chi connectivity index (χ4n) is 1.97. The maximum Gasteiger partial charge on any atom is 0.332 e. The average molecular weight is 265 g/mol. The highest BCUT2D eigenvalue weighted by atomic mass is 16.5. The molecule has 0 spiro atoms. The van der Waals surface area contributed by atoms with E-state index in [1.807, 2.05) is 0 Å². The number of carboxylic acid groups (broad SMARTS) is 1. The van der Waals surface area contributed by atoms with Crippen molar-refractivity contribution in [2.45, 2.75) is 32.0 Å². The second kappa shape index (κ2) is 5.27. The first-order valence-electron chi connectivity index (χ1n) is 5.96. The third kappa shape index (κ3) is 3.03. The Morgan fingerprint density at radius 1 is 1.32 bits per heavy atom. The maximum absolute atomic E-state index is 11.9. The zero-order valence-corrected chi connectivity index (χ0v) is 10.4. The van der Waals surface area contributed by atoms with Crippen molar-refractivity contribution in [3.8, 4) is 5.75 Å². The predicted octanol–water partition coefficient (Wildman–Crippen LogP) is 1.27. The number of rotatable bonds is 3. The minimum Gasteiger partial charge on any atom is -0.508 e. The van der Waals surface area contributed by atoms with Gasteiger partial charge in [0.25, 0.3) is 5.91 Å². The van der Waals surface area contributed by atoms with Crippen LogP contribution in [0.4, 0.5) is 5.69 Å². The number of anilines is 1. The molecular formula is C13H15NO5. The van der Waals surface area contributed by atoms with Gasteiger partial charge in [0.1, 0.15) is 11.9 Å². The van der Waals surface area contributed by atoms with Gasteiger partial charge in [0, 0.05) is 5.69 Å². The topological polar surface area (TPSA) is 95.9 Å². The highest BCUT2D eigenvalue weighted by Crippen LogP contribution is 2.23. The lowest BCUT2D eigenvalue weighted by Crippen LogP contribution is -2.29. The molecule has 1 aromatic carbocycles. The molecule has 0 bridgehead atoms. The number of nitrogens with one attached hydrogen (secondary N) is 1. The zero-order valence-electron chi connectivity index (χ0n) is 10.4. The Morgan fingerprint density at radius 3 is 2.58 bits per heavy atom. The molecule has 6 nitrogen and oxygen atoms in total. The number of phenols is 1. The standard InChI is InChI=1S/C13H15NO5/c1-7-6-8(2-3-9(7)15)14-12(16)10-4-5-11(19-10)13(17)18/h2-3,6,10-11,15H,4-5H2,1H3,(H,14,16)(H,17,18)/t10-,11+/m0/s1. The first-order valence-corrected chi connectivity index (χ1v) is 5.96. The first kappa shape index (κ1) is 13.4. The molecule has 0 saturated carbocycles. The van der Waals surface area contributed by atoms with E-state index in [1.54, 1.807) is 19.1 Å². The molecule has 2 rings (SSSR count). The van der Waals surface area contributed by atoms with Crippen molar-refractivity contribution in [3.05, 3.63) is 23.8 Å². The number of aromatic hydroxyl groups is 1. The number of amides is 1. The van der Waals surface area contributed by atoms with Crippen molar-refractivity contribution in [1.29, 1.82) is 0 Å². The van der Waals surface area contributed by atoms with Gasteiger partial charge >= 0.3 is 5.97 Å². The molecule has 1 aliphatic heterocycles. The van der Waals surface area contributed by atoms with Gasteiger partial charge in [0.2, 0.25) is 0 Å². The van der Waals surface area contributed by atoms with Gasteiger partial charge in [0.15, 0.2) is 6.10 Å². The molecule has 2 atom stereocenters. The number of ether oxygens (including phenoxy) is 1. The minimum absolute atomic E-state index is 0.154. The van der Waals surface area contributed by atoms with Crippen molar-refractivity contribution in [3.63, 3.8) is 0 Å². The fraction of sp³-hybridized carbons (Fsp3) is 0.385. The van der Waals surface area contributed by atoms with Crippen LogP contribution < -0.4 is 5.32 Å². The third-order valence-electron chi connectivity index (χ3n) is 3.05. The summed E-state index contributed by atoms with van der Waals surface area (Å²) in [5.74, 6) is -1.26. The van der Waals surface area contributed by atoms with E-state index in [9.17, 15) is 14.7 Å². The average Bonchev–Trinajstić information content (AvgIpc) is 2.83. The Kier molecular flexibility index (Phi) is 3.71. The Labute approximate surface area is 110 Å². The molecule has 1 aliphatic rings. The van der Waals surface area contributed by atoms with E-state index < -0.39 is 18.2 Å². The van der Waals surface area contributed by atoms with Crippen LogP contribution in [0, 0.1) is 6.92 Å². The summed E-state index contributed by atoms with van der Waals surface area (Å²) in [7, 11) is 0. The number of carboxylic acids is 1. The van der Waals surface area contributed by atoms with E-state index in [-0.39, 0.29) is 11.7 Å². The molecule has 1 saturated heterocycles. The summed E-state index contributed by atoms with van der Waals surface area (Å²) in [6.07, 6.45) is -0.922. The van der Waals surface area contributed by atoms with Crippen molar-refractivity contribution < 1.29 is 24.5 Å². The molecular weight excluding hydrogens is 250 g/mol. The number of benzene rings is 1. The summed E-state index contributed by atoms with van der Waals surface area (Å²) in [6.45, 7) is 1.72. The fourth-order valence-corrected chi connectivity index (χ4v) is 1.97. The Bertz CT molecular complexity index is 514. The number of carbonyl (C=O) groups excluding carboxylic acids is 1. The van der Waals surface area contributed by atoms with Crippen molar-refractivity contribution in [1.82, 2.24) is 0 Å². The van der Waals surface area contributed by atoms with Crippen molar-refractivity contribution >= 4 is 17.6 Å². The van der Waals surface area contributed by atoms with E-state index in [0.29, 0.717) is 24.1 Å². The molecule has 0 radical (unpaired) electrons. The van der Waals surface area contributed by atoms with Gasteiger partial charge in [-0.05, 0) is 43.5 Å². The van der Waals surface area contributed by atoms with Gasteiger partial charge in [0.05, 0.1) is 0 Å². The van der Waals surface area contributed by atoms with E-state index in [1.165, 1.54) is 6.07 Å². The summed E-state index contributed by atoms with van der Waals surface area (Å²) < 4.78 is 5.15. The molecule has 102 valence electrons. The van der Waals surface area contributed by atoms with Crippen LogP contribution in [0.1, 0.15) is 18.4 Å². The highest BCUT2D eigenvalue weighted by molar-refractivity contribution is 5.94. The molecule has 3 N–H and O–H groups in total. The van der Waals surface area contributed by atoms with Gasteiger partial charge in [-0.1, -0.05) is 0 Å². The van der Waals surface area contributed by atoms with Gasteiger partial charge in [-0.15, -0.1) is 0 Å². The molecule has 1 aromatic rings. The van der Waals surface area contributed by atoms with Gasteiger partial charge in [-0.3, -0.25) is 4.79 Å². The molecule has 1 fully saturated rings. The SMILES string of the molecule is Cc1cc(NC(=O)[C@@H]2CC[C@H](C(=O)O)O2)ccc1O. The molecule has 0 unspecified atom stereocenters. The normalized spacial score (nSPS) is 22.2. The largest absolute Gasteiger partial charge is 0.508 e. The second-order valence-corrected chi connectivity index (χ2v) is 4.52. The van der Waals surface area contributed by atoms with Crippen LogP contribution >= 0.6 is 0 Å². The summed E-state index contributed by atoms with van der Waals surface area (Å²) in [5, 5.41) is 20.8. The van der Waals surface area contributed by atoms with E-state index in [4.69, 9.17) is 9.84 Å². The van der Waals surface area contributed by atoms with Crippen molar-refractivity contribution in [2.75, 3.05) is 5.32 Å². The van der Waals surface area contributed by atoms with Gasteiger partial charge < -0.3 is 20.3 Å². The molecule has 1 amide bonds. The number of aryl methyl sites for hydroxylation is 1. The van der Waals surface area contributed by atoms with Crippen LogP contribution in [-0.4, -0.2) is 34.3 Å². The number of phenolic OH excluding ortho intramolecular Hbond substituents is 1. The number of aliphatic carboxylic acids is 1. The van der Waals surface area contributed by atoms with Crippen LogP contribution in [0.2, 0.25) is 0 Å². The summed E-state index contributed by atoms with van der Waals surface area (Å²) in [4.78, 5) is 22.6. The number of carbonyl (C=O) groups is 2. The predicted molar refractivity (Wildman–Crippen MR) is 67.0 cm³/mol. The molecule has 0 aliphatic carbocycles. The lowest BCUT2D eigenvalue weighted by atomic mass is 10.1. The summed E-state index contributed by atoms with van der Waals surface area (Å²) >= 11 is 0. The van der Waals surface area contributed by atoms with E-state index in [0.717, 1.165) is 0 Å². The van der Waals surface area contributed by atoms with Crippen LogP contribution in [0.5, 0.6) is 5.75 Å². The van der Waals surface area contributed by atoms with Crippen LogP contribution in [-0.2, 0) is 14.3 Å². The zero-order chi connectivity index (χ0) is 14.0. The molecule has 6 heteroatoms. The van der Waals surface area contributed by atoms with E-state index >= 15 is 0 Å². The number of hydrogen-bond donors (Lipinski definition) is 3. The smallest absolute Gasteiger partial charge is 0.332 e. The lowest BCUT2D eigenvalue weighted by Gasteiger charge is -2.12. The third-order valence-corrected chi connectivity index (χ3v) is 3.05. The summed E-state index contributed by atoms with van der Waals surface area (Å²) in [5.41, 5.74) is 1.19. The number of hydrogen-bond acceptors (Lipinski definition) is 4. The second-order valence-electron chi connectivity index (χ2n) is 4.52. The Balaban J connectivity index is 1.98. The summed E-state index contributed by atoms with van der Waals surface area (Å²) in [6, 6.07) is 4.70. The minimum atomic E-state index is -1.05. The van der Waals surface area contributed by atoms with Crippen LogP contribution in [0.25, 0.3) is 0 Å². The Morgan fingerprint density at radius 2 is 2.00 bits per heavy atom. The van der Waals surface area contributed by atoms with Crippen LogP contribution in [0.15, 0.2) is 18.2 Å². The van der Waals surface area contributed by atoms with Gasteiger partial charge in [-0.25, -0.2) is 4.79 Å². The van der Waals surface area contributed by atoms with Crippen molar-refractivity contribution in [2.24, 2.45) is 0 Å². The Hall–Kier alpha value is -2.08. The monoisotopic (exact) mass is 265 g/mol. The maximum atomic E-state index is 11.9. The highest BCUT2D eigenvalue weighted by Gasteiger charge is 2.34. The molecule has 19 heavy (non-hydrogen) atoms.